The number of benzene rings is 1. The average Bonchev–Trinajstić information content (AvgIpc) is 2.47. The smallest absolute Gasteiger partial charge is 0.0476 e. The van der Waals surface area contributed by atoms with Gasteiger partial charge in [0.1, 0.15) is 0 Å². The zero-order valence-electron chi connectivity index (χ0n) is 12.5. The van der Waals surface area contributed by atoms with E-state index in [0.717, 1.165) is 0 Å². The van der Waals surface area contributed by atoms with E-state index < -0.39 is 0 Å². The molecule has 1 saturated heterocycles. The summed E-state index contributed by atoms with van der Waals surface area (Å²) in [5.74, 6) is 0.612. The summed E-state index contributed by atoms with van der Waals surface area (Å²) in [5.41, 5.74) is 4.53. The van der Waals surface area contributed by atoms with Gasteiger partial charge in [0.05, 0.1) is 0 Å². The molecule has 0 unspecified atom stereocenters. The highest BCUT2D eigenvalue weighted by Crippen LogP contribution is 2.39. The first-order valence-electron chi connectivity index (χ1n) is 7.54. The van der Waals surface area contributed by atoms with E-state index >= 15 is 0 Å². The third-order valence-electron chi connectivity index (χ3n) is 5.16. The minimum absolute atomic E-state index is 0.599. The normalized spacial score (nSPS) is 18.6. The van der Waals surface area contributed by atoms with Crippen LogP contribution in [0.2, 0.25) is 0 Å². The van der Waals surface area contributed by atoms with E-state index in [1.54, 1.807) is 0 Å². The second kappa shape index (κ2) is 6.17. The van der Waals surface area contributed by atoms with Gasteiger partial charge in [0.25, 0.3) is 0 Å². The van der Waals surface area contributed by atoms with E-state index in [1.807, 2.05) is 0 Å². The highest BCUT2D eigenvalue weighted by molar-refractivity contribution is 6.17. The van der Waals surface area contributed by atoms with Crippen molar-refractivity contribution in [2.45, 2.75) is 52.3 Å². The number of alkyl halides is 1. The van der Waals surface area contributed by atoms with E-state index in [0.29, 0.717) is 11.3 Å². The maximum absolute atomic E-state index is 5.93. The van der Waals surface area contributed by atoms with Crippen molar-refractivity contribution in [3.8, 4) is 0 Å². The number of rotatable bonds is 4. The van der Waals surface area contributed by atoms with Crippen LogP contribution in [0.5, 0.6) is 0 Å². The molecule has 0 saturated carbocycles. The van der Waals surface area contributed by atoms with Crippen molar-refractivity contribution in [2.75, 3.05) is 18.0 Å². The molecule has 0 amide bonds. The summed E-state index contributed by atoms with van der Waals surface area (Å²) in [5, 5.41) is 0. The van der Waals surface area contributed by atoms with Gasteiger partial charge in [0.15, 0.2) is 0 Å². The van der Waals surface area contributed by atoms with Crippen LogP contribution in [-0.2, 0) is 5.88 Å². The topological polar surface area (TPSA) is 3.24 Å². The molecule has 0 aromatic heterocycles. The second-order valence-corrected chi connectivity index (χ2v) is 6.21. The van der Waals surface area contributed by atoms with Crippen molar-refractivity contribution >= 4 is 17.3 Å². The van der Waals surface area contributed by atoms with Crippen molar-refractivity contribution in [3.63, 3.8) is 0 Å². The van der Waals surface area contributed by atoms with Crippen molar-refractivity contribution < 1.29 is 0 Å². The fourth-order valence-corrected chi connectivity index (χ4v) is 3.52. The molecule has 106 valence electrons. The number of hydrogen-bond donors (Lipinski definition) is 0. The van der Waals surface area contributed by atoms with Crippen molar-refractivity contribution in [3.05, 3.63) is 29.3 Å². The Morgan fingerprint density at radius 3 is 2.26 bits per heavy atom. The fraction of sp³-hybridized carbons (Fsp3) is 0.647. The summed E-state index contributed by atoms with van der Waals surface area (Å²) in [6, 6.07) is 6.71. The van der Waals surface area contributed by atoms with Crippen LogP contribution in [-0.4, -0.2) is 13.1 Å². The molecule has 0 atom stereocenters. The molecule has 0 aliphatic carbocycles. The zero-order valence-corrected chi connectivity index (χ0v) is 13.3. The first-order valence-corrected chi connectivity index (χ1v) is 8.08. The van der Waals surface area contributed by atoms with Crippen molar-refractivity contribution in [1.82, 2.24) is 0 Å². The summed E-state index contributed by atoms with van der Waals surface area (Å²) >= 11 is 5.93. The van der Waals surface area contributed by atoms with Crippen LogP contribution in [0.1, 0.15) is 50.7 Å². The lowest BCUT2D eigenvalue weighted by Crippen LogP contribution is -2.39. The van der Waals surface area contributed by atoms with E-state index in [-0.39, 0.29) is 0 Å². The molecule has 0 spiro atoms. The molecular formula is C17H26ClN. The Labute approximate surface area is 123 Å². The molecule has 0 radical (unpaired) electrons. The summed E-state index contributed by atoms with van der Waals surface area (Å²) in [7, 11) is 0. The minimum atomic E-state index is 0.599. The van der Waals surface area contributed by atoms with Crippen LogP contribution in [0.25, 0.3) is 0 Å². The van der Waals surface area contributed by atoms with Gasteiger partial charge < -0.3 is 4.90 Å². The van der Waals surface area contributed by atoms with Gasteiger partial charge in [-0.05, 0) is 48.4 Å². The van der Waals surface area contributed by atoms with Crippen LogP contribution in [0.15, 0.2) is 18.2 Å². The zero-order chi connectivity index (χ0) is 13.9. The number of nitrogens with zero attached hydrogens (tertiary/aromatic N) is 1. The first-order chi connectivity index (χ1) is 9.14. The van der Waals surface area contributed by atoms with Gasteiger partial charge in [0, 0.05) is 24.7 Å². The Morgan fingerprint density at radius 2 is 1.79 bits per heavy atom. The second-order valence-electron chi connectivity index (χ2n) is 5.94. The predicted octanol–water partition coefficient (Wildman–Crippen LogP) is 5.14. The third-order valence-corrected chi connectivity index (χ3v) is 5.45. The molecular weight excluding hydrogens is 254 g/mol. The average molecular weight is 280 g/mol. The number of halogens is 1. The molecule has 1 aromatic carbocycles. The molecule has 2 rings (SSSR count). The molecule has 0 bridgehead atoms. The lowest BCUT2D eigenvalue weighted by atomic mass is 9.74. The minimum Gasteiger partial charge on any atom is -0.371 e. The maximum atomic E-state index is 5.93. The van der Waals surface area contributed by atoms with Gasteiger partial charge >= 0.3 is 0 Å². The van der Waals surface area contributed by atoms with Gasteiger partial charge in [-0.15, -0.1) is 11.6 Å². The van der Waals surface area contributed by atoms with Gasteiger partial charge in [0.2, 0.25) is 0 Å². The summed E-state index contributed by atoms with van der Waals surface area (Å²) in [4.78, 5) is 2.54. The van der Waals surface area contributed by atoms with E-state index in [1.165, 1.54) is 55.6 Å². The quantitative estimate of drug-likeness (QED) is 0.690. The van der Waals surface area contributed by atoms with Gasteiger partial charge in [-0.3, -0.25) is 0 Å². The number of hydrogen-bond acceptors (Lipinski definition) is 1. The largest absolute Gasteiger partial charge is 0.371 e. The Morgan fingerprint density at radius 1 is 1.16 bits per heavy atom. The van der Waals surface area contributed by atoms with E-state index in [2.05, 4.69) is 43.9 Å². The number of piperidine rings is 1. The van der Waals surface area contributed by atoms with Gasteiger partial charge in [-0.2, -0.15) is 0 Å². The molecule has 1 heterocycles. The van der Waals surface area contributed by atoms with Crippen LogP contribution in [0, 0.1) is 12.3 Å². The Hall–Kier alpha value is -0.690. The number of anilines is 1. The highest BCUT2D eigenvalue weighted by Gasteiger charge is 2.31. The lowest BCUT2D eigenvalue weighted by molar-refractivity contribution is 0.199. The Kier molecular flexibility index (Phi) is 4.78. The standard InChI is InChI=1S/C17H26ClN/c1-4-17(5-2)8-10-19(11-9-17)16-7-6-15(13-18)14(3)12-16/h6-7,12H,4-5,8-11,13H2,1-3H3. The van der Waals surface area contributed by atoms with Crippen molar-refractivity contribution in [1.29, 1.82) is 0 Å². The molecule has 1 aromatic rings. The molecule has 0 N–H and O–H groups in total. The monoisotopic (exact) mass is 279 g/mol. The maximum Gasteiger partial charge on any atom is 0.0476 e. The summed E-state index contributed by atoms with van der Waals surface area (Å²) in [6.07, 6.45) is 5.30. The SMILES string of the molecule is CCC1(CC)CCN(c2ccc(CCl)c(C)c2)CC1. The van der Waals surface area contributed by atoms with Crippen LogP contribution in [0.3, 0.4) is 0 Å². The van der Waals surface area contributed by atoms with E-state index in [4.69, 9.17) is 11.6 Å². The van der Waals surface area contributed by atoms with Crippen LogP contribution < -0.4 is 4.90 Å². The highest BCUT2D eigenvalue weighted by atomic mass is 35.5. The Bertz CT molecular complexity index is 413. The molecule has 19 heavy (non-hydrogen) atoms. The van der Waals surface area contributed by atoms with Crippen molar-refractivity contribution in [2.24, 2.45) is 5.41 Å². The molecule has 2 heteroatoms. The van der Waals surface area contributed by atoms with Crippen LogP contribution >= 0.6 is 11.6 Å². The van der Waals surface area contributed by atoms with E-state index in [9.17, 15) is 0 Å². The molecule has 1 fully saturated rings. The predicted molar refractivity (Wildman–Crippen MR) is 85.2 cm³/mol. The molecule has 1 aliphatic heterocycles. The van der Waals surface area contributed by atoms with Crippen LogP contribution in [0.4, 0.5) is 5.69 Å². The first kappa shape index (κ1) is 14.7. The summed E-state index contributed by atoms with van der Waals surface area (Å²) < 4.78 is 0. The fourth-order valence-electron chi connectivity index (χ4n) is 3.22. The summed E-state index contributed by atoms with van der Waals surface area (Å²) in [6.45, 7) is 9.24. The number of aryl methyl sites for hydroxylation is 1. The third kappa shape index (κ3) is 3.08. The van der Waals surface area contributed by atoms with Gasteiger partial charge in [-0.1, -0.05) is 32.8 Å². The molecule has 1 nitrogen and oxygen atoms in total. The Balaban J connectivity index is 2.07. The molecule has 1 aliphatic rings. The van der Waals surface area contributed by atoms with Gasteiger partial charge in [-0.25, -0.2) is 0 Å². The lowest BCUT2D eigenvalue weighted by Gasteiger charge is -2.42.